The second kappa shape index (κ2) is 9.25. The van der Waals surface area contributed by atoms with Crippen molar-refractivity contribution in [3.05, 3.63) is 62.2 Å². The normalized spacial score (nSPS) is 21.3. The summed E-state index contributed by atoms with van der Waals surface area (Å²) in [6.07, 6.45) is 2.91. The Morgan fingerprint density at radius 1 is 1.18 bits per heavy atom. The van der Waals surface area contributed by atoms with Gasteiger partial charge in [0.1, 0.15) is 12.4 Å². The summed E-state index contributed by atoms with van der Waals surface area (Å²) in [6, 6.07) is 4.98. The lowest BCUT2D eigenvalue weighted by atomic mass is 9.86. The number of likely N-dealkylation sites (tertiary alicyclic amines) is 1. The quantitative estimate of drug-likeness (QED) is 0.389. The average molecular weight is 522 g/mol. The van der Waals surface area contributed by atoms with Crippen molar-refractivity contribution in [3.63, 3.8) is 0 Å². The smallest absolute Gasteiger partial charge is 0.343 e. The molecule has 0 amide bonds. The van der Waals surface area contributed by atoms with Crippen molar-refractivity contribution < 1.29 is 24.1 Å². The molecule has 0 spiro atoms. The number of aliphatic hydroxyl groups excluding tert-OH is 1. The number of cyclic esters (lactones) is 1. The number of nitrogens with zero attached hydrogens (tertiary/aromatic N) is 3. The number of fused-ring (bicyclic) bond motifs is 5. The van der Waals surface area contributed by atoms with E-state index >= 15 is 0 Å². The summed E-state index contributed by atoms with van der Waals surface area (Å²) in [5.74, 6) is -0.585. The minimum absolute atomic E-state index is 0.0711. The lowest BCUT2D eigenvalue weighted by molar-refractivity contribution is -0.172. The van der Waals surface area contributed by atoms with Gasteiger partial charge in [-0.05, 0) is 74.9 Å². The van der Waals surface area contributed by atoms with Gasteiger partial charge in [0.05, 0.1) is 29.0 Å². The average Bonchev–Trinajstić information content (AvgIpc) is 3.27. The molecule has 3 aromatic rings. The maximum absolute atomic E-state index is 14.7. The standard InChI is InChI=1S/C29H32FN3O5/c1-3-29(37)22-11-25-26-20(14-33(25)27(35)21(22)15-38-28(29)36)19(13-32-7-4-17(5-8-32)6-9-34)18-10-16(2)23(30)12-24(18)31-26/h10-12,17,34,37H,3-9,13-15H2,1-2H3/t29-/m0/s1. The number of ether oxygens (including phenoxy) is 1. The number of benzene rings is 1. The number of esters is 1. The first-order valence-electron chi connectivity index (χ1n) is 13.4. The number of halogens is 1. The van der Waals surface area contributed by atoms with E-state index in [0.717, 1.165) is 48.9 Å². The predicted octanol–water partition coefficient (Wildman–Crippen LogP) is 3.12. The first-order valence-corrected chi connectivity index (χ1v) is 13.4. The number of rotatable bonds is 5. The summed E-state index contributed by atoms with van der Waals surface area (Å²) in [7, 11) is 0. The molecule has 1 saturated heterocycles. The molecule has 2 aromatic heterocycles. The van der Waals surface area contributed by atoms with Crippen LogP contribution >= 0.6 is 0 Å². The van der Waals surface area contributed by atoms with E-state index in [-0.39, 0.29) is 42.1 Å². The zero-order valence-electron chi connectivity index (χ0n) is 21.7. The highest BCUT2D eigenvalue weighted by molar-refractivity contribution is 5.89. The van der Waals surface area contributed by atoms with E-state index in [1.165, 1.54) is 6.07 Å². The number of aromatic nitrogens is 2. The molecule has 0 saturated carbocycles. The Bertz CT molecular complexity index is 1530. The van der Waals surface area contributed by atoms with Gasteiger partial charge in [-0.3, -0.25) is 9.69 Å². The number of carbonyl (C=O) groups excluding carboxylic acids is 1. The Hall–Kier alpha value is -3.14. The SMILES string of the molecule is CC[C@@]1(O)C(=O)OCc2c1cc1n(c2=O)Cc2c-1nc1cc(F)c(C)cc1c2CN1CCC(CCO)CC1. The zero-order chi connectivity index (χ0) is 26.8. The van der Waals surface area contributed by atoms with Crippen LogP contribution in [-0.4, -0.2) is 50.3 Å². The molecule has 3 aliphatic rings. The third-order valence-corrected chi connectivity index (χ3v) is 8.71. The summed E-state index contributed by atoms with van der Waals surface area (Å²) in [4.78, 5) is 33.3. The van der Waals surface area contributed by atoms with Gasteiger partial charge in [0.25, 0.3) is 5.56 Å². The molecule has 5 heterocycles. The monoisotopic (exact) mass is 521 g/mol. The number of aryl methyl sites for hydroxylation is 1. The fourth-order valence-electron chi connectivity index (χ4n) is 6.31. The van der Waals surface area contributed by atoms with E-state index in [9.17, 15) is 24.2 Å². The number of carbonyl (C=O) groups is 1. The van der Waals surface area contributed by atoms with Crippen molar-refractivity contribution in [2.75, 3.05) is 19.7 Å². The molecule has 3 aliphatic heterocycles. The first kappa shape index (κ1) is 25.2. The molecular formula is C29H32FN3O5. The summed E-state index contributed by atoms with van der Waals surface area (Å²) in [5, 5.41) is 21.3. The summed E-state index contributed by atoms with van der Waals surface area (Å²) in [5.41, 5.74) is 2.44. The maximum Gasteiger partial charge on any atom is 0.343 e. The topological polar surface area (TPSA) is 105 Å². The van der Waals surface area contributed by atoms with Crippen LogP contribution in [0.2, 0.25) is 0 Å². The molecule has 2 N–H and O–H groups in total. The highest BCUT2D eigenvalue weighted by Gasteiger charge is 2.45. The molecule has 0 bridgehead atoms. The molecule has 200 valence electrons. The van der Waals surface area contributed by atoms with Crippen LogP contribution in [0.5, 0.6) is 0 Å². The molecule has 9 heteroatoms. The van der Waals surface area contributed by atoms with Gasteiger partial charge in [0.15, 0.2) is 5.60 Å². The molecule has 38 heavy (non-hydrogen) atoms. The molecule has 0 aliphatic carbocycles. The Balaban J connectivity index is 1.50. The first-order chi connectivity index (χ1) is 18.2. The molecule has 6 rings (SSSR count). The van der Waals surface area contributed by atoms with Crippen LogP contribution in [0.4, 0.5) is 4.39 Å². The van der Waals surface area contributed by atoms with Gasteiger partial charge in [0.2, 0.25) is 0 Å². The fraction of sp³-hybridized carbons (Fsp3) is 0.483. The van der Waals surface area contributed by atoms with Gasteiger partial charge >= 0.3 is 5.97 Å². The van der Waals surface area contributed by atoms with Gasteiger partial charge in [-0.2, -0.15) is 0 Å². The Morgan fingerprint density at radius 2 is 1.95 bits per heavy atom. The van der Waals surface area contributed by atoms with Crippen LogP contribution in [0.1, 0.15) is 60.4 Å². The largest absolute Gasteiger partial charge is 0.458 e. The van der Waals surface area contributed by atoms with Crippen LogP contribution in [0, 0.1) is 18.7 Å². The van der Waals surface area contributed by atoms with Gasteiger partial charge in [-0.25, -0.2) is 14.2 Å². The molecule has 1 fully saturated rings. The van der Waals surface area contributed by atoms with Crippen molar-refractivity contribution >= 4 is 16.9 Å². The molecular weight excluding hydrogens is 489 g/mol. The van der Waals surface area contributed by atoms with Crippen LogP contribution in [-0.2, 0) is 34.8 Å². The Morgan fingerprint density at radius 3 is 2.66 bits per heavy atom. The van der Waals surface area contributed by atoms with Gasteiger partial charge in [0, 0.05) is 35.7 Å². The third kappa shape index (κ3) is 3.79. The Kier molecular flexibility index (Phi) is 6.13. The lowest BCUT2D eigenvalue weighted by Gasteiger charge is -2.32. The van der Waals surface area contributed by atoms with E-state index < -0.39 is 11.6 Å². The number of hydrogen-bond donors (Lipinski definition) is 2. The second-order valence-corrected chi connectivity index (χ2v) is 10.9. The van der Waals surface area contributed by atoms with Crippen molar-refractivity contribution in [2.45, 2.75) is 64.8 Å². The third-order valence-electron chi connectivity index (χ3n) is 8.71. The molecule has 1 aromatic carbocycles. The summed E-state index contributed by atoms with van der Waals surface area (Å²) >= 11 is 0. The van der Waals surface area contributed by atoms with Crippen LogP contribution in [0.25, 0.3) is 22.3 Å². The van der Waals surface area contributed by atoms with E-state index in [1.54, 1.807) is 24.5 Å². The zero-order valence-corrected chi connectivity index (χ0v) is 21.7. The highest BCUT2D eigenvalue weighted by atomic mass is 19.1. The van der Waals surface area contributed by atoms with E-state index in [4.69, 9.17) is 9.72 Å². The van der Waals surface area contributed by atoms with Gasteiger partial charge in [-0.1, -0.05) is 6.92 Å². The van der Waals surface area contributed by atoms with Crippen LogP contribution < -0.4 is 5.56 Å². The predicted molar refractivity (Wildman–Crippen MR) is 139 cm³/mol. The summed E-state index contributed by atoms with van der Waals surface area (Å²) < 4.78 is 21.5. The van der Waals surface area contributed by atoms with Gasteiger partial charge in [-0.15, -0.1) is 0 Å². The number of pyridine rings is 2. The molecule has 0 radical (unpaired) electrons. The number of piperidine rings is 1. The number of aliphatic hydroxyl groups is 2. The van der Waals surface area contributed by atoms with Crippen LogP contribution in [0.15, 0.2) is 23.0 Å². The van der Waals surface area contributed by atoms with Gasteiger partial charge < -0.3 is 19.5 Å². The lowest BCUT2D eigenvalue weighted by Crippen LogP contribution is -2.44. The number of hydrogen-bond acceptors (Lipinski definition) is 7. The van der Waals surface area contributed by atoms with Crippen molar-refractivity contribution in [1.82, 2.24) is 14.5 Å². The van der Waals surface area contributed by atoms with E-state index in [2.05, 4.69) is 4.90 Å². The van der Waals surface area contributed by atoms with E-state index in [0.29, 0.717) is 41.5 Å². The molecule has 1 atom stereocenters. The second-order valence-electron chi connectivity index (χ2n) is 10.9. The van der Waals surface area contributed by atoms with Crippen molar-refractivity contribution in [2.24, 2.45) is 5.92 Å². The van der Waals surface area contributed by atoms with Crippen molar-refractivity contribution in [1.29, 1.82) is 0 Å². The summed E-state index contributed by atoms with van der Waals surface area (Å²) in [6.45, 7) is 6.18. The fourth-order valence-corrected chi connectivity index (χ4v) is 6.31. The minimum atomic E-state index is -1.90. The molecule has 8 nitrogen and oxygen atoms in total. The minimum Gasteiger partial charge on any atom is -0.458 e. The molecule has 0 unspecified atom stereocenters. The van der Waals surface area contributed by atoms with E-state index in [1.807, 2.05) is 6.07 Å². The van der Waals surface area contributed by atoms with Crippen LogP contribution in [0.3, 0.4) is 0 Å². The van der Waals surface area contributed by atoms with Crippen molar-refractivity contribution in [3.8, 4) is 11.4 Å². The Labute approximate surface area is 219 Å². The maximum atomic E-state index is 14.7. The highest BCUT2D eigenvalue weighted by Crippen LogP contribution is 2.41.